The van der Waals surface area contributed by atoms with Crippen molar-refractivity contribution in [3.8, 4) is 0 Å². The molecule has 1 aromatic carbocycles. The van der Waals surface area contributed by atoms with E-state index < -0.39 is 0 Å². The molecule has 1 saturated heterocycles. The van der Waals surface area contributed by atoms with Gasteiger partial charge in [-0.2, -0.15) is 0 Å². The van der Waals surface area contributed by atoms with Gasteiger partial charge in [-0.1, -0.05) is 12.1 Å². The first-order chi connectivity index (χ1) is 10.9. The van der Waals surface area contributed by atoms with E-state index in [0.29, 0.717) is 0 Å². The van der Waals surface area contributed by atoms with Gasteiger partial charge >= 0.3 is 0 Å². The van der Waals surface area contributed by atoms with Crippen LogP contribution in [0, 0.1) is 5.92 Å². The molecule has 112 valence electrons. The van der Waals surface area contributed by atoms with E-state index in [1.807, 2.05) is 24.7 Å². The molecule has 0 bridgehead atoms. The zero-order valence-corrected chi connectivity index (χ0v) is 12.6. The summed E-state index contributed by atoms with van der Waals surface area (Å²) in [6, 6.07) is 10.8. The van der Waals surface area contributed by atoms with Gasteiger partial charge in [0.25, 0.3) is 0 Å². The first-order valence-corrected chi connectivity index (χ1v) is 7.91. The van der Waals surface area contributed by atoms with E-state index in [-0.39, 0.29) is 0 Å². The predicted octanol–water partition coefficient (Wildman–Crippen LogP) is 3.02. The summed E-state index contributed by atoms with van der Waals surface area (Å²) in [6.45, 7) is 3.26. The molecule has 3 aromatic rings. The van der Waals surface area contributed by atoms with E-state index in [0.717, 1.165) is 36.8 Å². The van der Waals surface area contributed by atoms with Crippen molar-refractivity contribution in [1.29, 1.82) is 0 Å². The van der Waals surface area contributed by atoms with Crippen molar-refractivity contribution in [2.75, 3.05) is 13.1 Å². The van der Waals surface area contributed by atoms with E-state index >= 15 is 0 Å². The van der Waals surface area contributed by atoms with E-state index in [9.17, 15) is 0 Å². The average Bonchev–Trinajstić information content (AvgIpc) is 3.20. The van der Waals surface area contributed by atoms with Gasteiger partial charge in [-0.05, 0) is 49.1 Å². The summed E-state index contributed by atoms with van der Waals surface area (Å²) in [4.78, 5) is 14.4. The molecule has 1 fully saturated rings. The molecular weight excluding hydrogens is 272 g/mol. The van der Waals surface area contributed by atoms with Crippen LogP contribution >= 0.6 is 0 Å². The topological polar surface area (TPSA) is 44.8 Å². The Morgan fingerprint density at radius 3 is 3.09 bits per heavy atom. The highest BCUT2D eigenvalue weighted by Crippen LogP contribution is 2.23. The summed E-state index contributed by atoms with van der Waals surface area (Å²) in [6.07, 6.45) is 7.99. The lowest BCUT2D eigenvalue weighted by molar-refractivity contribution is 0.309. The lowest BCUT2D eigenvalue weighted by atomic mass is 9.97. The Kier molecular flexibility index (Phi) is 3.60. The molecule has 0 amide bonds. The van der Waals surface area contributed by atoms with Gasteiger partial charge in [-0.3, -0.25) is 9.88 Å². The van der Waals surface area contributed by atoms with Gasteiger partial charge in [0.2, 0.25) is 0 Å². The van der Waals surface area contributed by atoms with Crippen LogP contribution in [0.4, 0.5) is 0 Å². The molecule has 2 aromatic heterocycles. The molecule has 1 aliphatic rings. The van der Waals surface area contributed by atoms with Crippen LogP contribution in [0.1, 0.15) is 17.8 Å². The molecular formula is C18H20N4. The number of hydrogen-bond acceptors (Lipinski definition) is 3. The summed E-state index contributed by atoms with van der Waals surface area (Å²) in [5.41, 5.74) is 2.50. The second-order valence-electron chi connectivity index (χ2n) is 6.16. The number of aromatic amines is 1. The Labute approximate surface area is 130 Å². The number of pyridine rings is 1. The molecule has 4 rings (SSSR count). The largest absolute Gasteiger partial charge is 0.348 e. The van der Waals surface area contributed by atoms with E-state index in [1.54, 1.807) is 0 Å². The molecule has 1 unspecified atom stereocenters. The molecule has 0 radical (unpaired) electrons. The van der Waals surface area contributed by atoms with Crippen molar-refractivity contribution in [3.05, 3.63) is 60.3 Å². The van der Waals surface area contributed by atoms with Gasteiger partial charge in [0.15, 0.2) is 0 Å². The van der Waals surface area contributed by atoms with E-state index in [4.69, 9.17) is 0 Å². The number of H-pyrrole nitrogens is 1. The summed E-state index contributed by atoms with van der Waals surface area (Å²) in [5.74, 6) is 1.81. The molecule has 4 nitrogen and oxygen atoms in total. The smallest absolute Gasteiger partial charge is 0.120 e. The van der Waals surface area contributed by atoms with E-state index in [2.05, 4.69) is 44.1 Å². The summed E-state index contributed by atoms with van der Waals surface area (Å²) in [7, 11) is 0. The Morgan fingerprint density at radius 1 is 1.18 bits per heavy atom. The minimum atomic E-state index is 0.740. The van der Waals surface area contributed by atoms with Gasteiger partial charge in [0.1, 0.15) is 5.82 Å². The maximum absolute atomic E-state index is 4.39. The van der Waals surface area contributed by atoms with Crippen LogP contribution in [0.5, 0.6) is 0 Å². The third kappa shape index (κ3) is 2.88. The van der Waals surface area contributed by atoms with Crippen LogP contribution in [-0.2, 0) is 13.0 Å². The quantitative estimate of drug-likeness (QED) is 0.804. The number of likely N-dealkylation sites (tertiary alicyclic amines) is 1. The maximum atomic E-state index is 4.39. The number of benzene rings is 1. The lowest BCUT2D eigenvalue weighted by Gasteiger charge is -2.14. The number of imidazole rings is 1. The van der Waals surface area contributed by atoms with Crippen molar-refractivity contribution < 1.29 is 0 Å². The highest BCUT2D eigenvalue weighted by atomic mass is 15.2. The monoisotopic (exact) mass is 292 g/mol. The molecule has 4 heteroatoms. The number of nitrogens with one attached hydrogen (secondary N) is 1. The normalized spacial score (nSPS) is 19.0. The minimum Gasteiger partial charge on any atom is -0.348 e. The zero-order valence-electron chi connectivity index (χ0n) is 12.6. The highest BCUT2D eigenvalue weighted by molar-refractivity contribution is 5.78. The minimum absolute atomic E-state index is 0.740. The van der Waals surface area contributed by atoms with Crippen molar-refractivity contribution in [2.45, 2.75) is 19.4 Å². The van der Waals surface area contributed by atoms with Gasteiger partial charge in [0.05, 0.1) is 12.1 Å². The predicted molar refractivity (Wildman–Crippen MR) is 87.4 cm³/mol. The van der Waals surface area contributed by atoms with Crippen molar-refractivity contribution >= 4 is 10.9 Å². The van der Waals surface area contributed by atoms with Crippen LogP contribution < -0.4 is 0 Å². The fraction of sp³-hybridized carbons (Fsp3) is 0.333. The van der Waals surface area contributed by atoms with Crippen molar-refractivity contribution in [1.82, 2.24) is 19.9 Å². The van der Waals surface area contributed by atoms with Gasteiger partial charge < -0.3 is 4.98 Å². The number of nitrogens with zero attached hydrogens (tertiary/aromatic N) is 3. The summed E-state index contributed by atoms with van der Waals surface area (Å²) in [5, 5.41) is 1.24. The summed E-state index contributed by atoms with van der Waals surface area (Å²) >= 11 is 0. The molecule has 22 heavy (non-hydrogen) atoms. The molecule has 1 atom stereocenters. The highest BCUT2D eigenvalue weighted by Gasteiger charge is 2.23. The summed E-state index contributed by atoms with van der Waals surface area (Å²) < 4.78 is 0. The van der Waals surface area contributed by atoms with Crippen LogP contribution in [0.15, 0.2) is 48.9 Å². The molecule has 1 aliphatic heterocycles. The van der Waals surface area contributed by atoms with E-state index in [1.165, 1.54) is 23.9 Å². The number of aromatic nitrogens is 3. The standard InChI is InChI=1S/C18H20N4/c1-2-16-11-14(3-4-17(16)19-6-1)10-15-5-9-22(12-15)13-18-20-7-8-21-18/h1-4,6-8,11,15H,5,9-10,12-13H2,(H,20,21). The fourth-order valence-electron chi connectivity index (χ4n) is 3.40. The Hall–Kier alpha value is -2.20. The maximum Gasteiger partial charge on any atom is 0.120 e. The second kappa shape index (κ2) is 5.89. The number of fused-ring (bicyclic) bond motifs is 1. The number of rotatable bonds is 4. The van der Waals surface area contributed by atoms with Crippen LogP contribution in [0.2, 0.25) is 0 Å². The third-order valence-electron chi connectivity index (χ3n) is 4.49. The first kappa shape index (κ1) is 13.5. The van der Waals surface area contributed by atoms with Gasteiger partial charge in [-0.25, -0.2) is 4.98 Å². The SMILES string of the molecule is c1cnc2ccc(CC3CCN(Cc4ncc[nH]4)C3)cc2c1. The molecule has 3 heterocycles. The lowest BCUT2D eigenvalue weighted by Crippen LogP contribution is -2.21. The van der Waals surface area contributed by atoms with Crippen LogP contribution in [-0.4, -0.2) is 32.9 Å². The van der Waals surface area contributed by atoms with Gasteiger partial charge in [0, 0.05) is 30.5 Å². The Balaban J connectivity index is 1.40. The number of hydrogen-bond donors (Lipinski definition) is 1. The van der Waals surface area contributed by atoms with Crippen LogP contribution in [0.3, 0.4) is 0 Å². The average molecular weight is 292 g/mol. The third-order valence-corrected chi connectivity index (χ3v) is 4.49. The molecule has 0 spiro atoms. The molecule has 0 aliphatic carbocycles. The molecule has 1 N–H and O–H groups in total. The molecule has 0 saturated carbocycles. The first-order valence-electron chi connectivity index (χ1n) is 7.91. The Bertz CT molecular complexity index is 751. The van der Waals surface area contributed by atoms with Crippen LogP contribution in [0.25, 0.3) is 10.9 Å². The fourth-order valence-corrected chi connectivity index (χ4v) is 3.40. The zero-order chi connectivity index (χ0) is 14.8. The van der Waals surface area contributed by atoms with Crippen molar-refractivity contribution in [2.24, 2.45) is 5.92 Å². The van der Waals surface area contributed by atoms with Crippen molar-refractivity contribution in [3.63, 3.8) is 0 Å². The second-order valence-corrected chi connectivity index (χ2v) is 6.16. The van der Waals surface area contributed by atoms with Gasteiger partial charge in [-0.15, -0.1) is 0 Å². The Morgan fingerprint density at radius 2 is 2.18 bits per heavy atom.